The second-order valence-electron chi connectivity index (χ2n) is 3.38. The van der Waals surface area contributed by atoms with E-state index in [2.05, 4.69) is 5.73 Å². The fourth-order valence-electron chi connectivity index (χ4n) is 1.27. The first kappa shape index (κ1) is 14.6. The van der Waals surface area contributed by atoms with Gasteiger partial charge >= 0.3 is 23.9 Å². The average molecular weight is 286 g/mol. The maximum Gasteiger partial charge on any atom is 0.420 e. The minimum atomic E-state index is -6.21. The van der Waals surface area contributed by atoms with Gasteiger partial charge < -0.3 is 5.73 Å². The fraction of sp³-hybridized carbons (Fsp3) is 0.571. The zero-order valence-corrected chi connectivity index (χ0v) is 7.98. The molecule has 0 fully saturated rings. The number of alkyl halides is 9. The molecule has 11 heteroatoms. The van der Waals surface area contributed by atoms with Crippen molar-refractivity contribution < 1.29 is 39.5 Å². The molecule has 18 heavy (non-hydrogen) atoms. The fourth-order valence-corrected chi connectivity index (χ4v) is 1.27. The van der Waals surface area contributed by atoms with Crippen LogP contribution in [-0.2, 0) is 0 Å². The summed E-state index contributed by atoms with van der Waals surface area (Å²) in [4.78, 5) is 0. The third kappa shape index (κ3) is 1.48. The van der Waals surface area contributed by atoms with Crippen LogP contribution in [0, 0.1) is 5.41 Å². The molecule has 1 rings (SSSR count). The maximum absolute atomic E-state index is 12.8. The van der Waals surface area contributed by atoms with Crippen molar-refractivity contribution in [3.05, 3.63) is 11.3 Å². The Kier molecular flexibility index (Phi) is 2.70. The molecular formula is C7H3F9N2. The van der Waals surface area contributed by atoms with Gasteiger partial charge in [0, 0.05) is 0 Å². The van der Waals surface area contributed by atoms with Gasteiger partial charge in [-0.25, -0.2) is 0 Å². The third-order valence-corrected chi connectivity index (χ3v) is 2.24. The highest BCUT2D eigenvalue weighted by Crippen LogP contribution is 2.55. The van der Waals surface area contributed by atoms with E-state index in [-0.39, 0.29) is 0 Å². The van der Waals surface area contributed by atoms with Crippen molar-refractivity contribution in [2.24, 2.45) is 5.73 Å². The molecule has 0 saturated heterocycles. The smallest absolute Gasteiger partial charge is 0.396 e. The van der Waals surface area contributed by atoms with E-state index in [9.17, 15) is 39.5 Å². The van der Waals surface area contributed by atoms with Crippen LogP contribution in [0.15, 0.2) is 11.3 Å². The maximum atomic E-state index is 12.8. The van der Waals surface area contributed by atoms with Gasteiger partial charge in [-0.1, -0.05) is 0 Å². The quantitative estimate of drug-likeness (QED) is 0.661. The molecule has 0 bridgehead atoms. The summed E-state index contributed by atoms with van der Waals surface area (Å²) in [7, 11) is 0. The first-order valence-corrected chi connectivity index (χ1v) is 3.99. The Morgan fingerprint density at radius 1 is 0.889 bits per heavy atom. The topological polar surface area (TPSA) is 49.9 Å². The number of nitrogens with one attached hydrogen (secondary N) is 1. The van der Waals surface area contributed by atoms with Crippen LogP contribution >= 0.6 is 0 Å². The van der Waals surface area contributed by atoms with Crippen molar-refractivity contribution in [3.8, 4) is 0 Å². The van der Waals surface area contributed by atoms with Gasteiger partial charge in [0.15, 0.2) is 0 Å². The van der Waals surface area contributed by atoms with Gasteiger partial charge in [0.1, 0.15) is 11.3 Å². The van der Waals surface area contributed by atoms with Crippen LogP contribution in [0.3, 0.4) is 0 Å². The molecule has 0 heterocycles. The van der Waals surface area contributed by atoms with E-state index in [0.717, 1.165) is 0 Å². The molecule has 0 atom stereocenters. The molecule has 0 aromatic rings. The Hall–Kier alpha value is -1.42. The Bertz CT molecular complexity index is 431. The minimum absolute atomic E-state index is 2.80. The SMILES string of the molecule is N=C1C(C(F)(F)F)=C(N)C(F)(F)C(F)(F)C1(F)F. The Labute approximate surface area is 92.7 Å². The second kappa shape index (κ2) is 3.32. The van der Waals surface area contributed by atoms with Gasteiger partial charge in [0.25, 0.3) is 0 Å². The van der Waals surface area contributed by atoms with Crippen molar-refractivity contribution in [2.45, 2.75) is 23.9 Å². The molecule has 1 aliphatic rings. The molecule has 3 N–H and O–H groups in total. The van der Waals surface area contributed by atoms with Crippen LogP contribution in [0.1, 0.15) is 0 Å². The lowest BCUT2D eigenvalue weighted by Gasteiger charge is -2.39. The van der Waals surface area contributed by atoms with Crippen LogP contribution in [0.25, 0.3) is 0 Å². The molecule has 0 amide bonds. The largest absolute Gasteiger partial charge is 0.420 e. The number of hydrogen-bond donors (Lipinski definition) is 2. The number of halogens is 9. The van der Waals surface area contributed by atoms with Crippen molar-refractivity contribution in [1.29, 1.82) is 5.41 Å². The molecular weight excluding hydrogens is 283 g/mol. The van der Waals surface area contributed by atoms with Crippen LogP contribution in [0.2, 0.25) is 0 Å². The molecule has 0 aromatic carbocycles. The molecule has 0 aromatic heterocycles. The van der Waals surface area contributed by atoms with E-state index in [1.165, 1.54) is 0 Å². The molecule has 104 valence electrons. The highest BCUT2D eigenvalue weighted by atomic mass is 19.4. The summed E-state index contributed by atoms with van der Waals surface area (Å²) in [5.74, 6) is -18.1. The molecule has 2 nitrogen and oxygen atoms in total. The predicted octanol–water partition coefficient (Wildman–Crippen LogP) is 2.70. The zero-order chi connectivity index (χ0) is 14.7. The first-order valence-electron chi connectivity index (χ1n) is 3.99. The van der Waals surface area contributed by atoms with E-state index < -0.39 is 40.9 Å². The summed E-state index contributed by atoms with van der Waals surface area (Å²) < 4.78 is 113. The van der Waals surface area contributed by atoms with E-state index in [4.69, 9.17) is 5.41 Å². The summed E-state index contributed by atoms with van der Waals surface area (Å²) in [6, 6.07) is 0. The lowest BCUT2D eigenvalue weighted by atomic mass is 9.85. The van der Waals surface area contributed by atoms with E-state index in [0.29, 0.717) is 0 Å². The Morgan fingerprint density at radius 3 is 1.61 bits per heavy atom. The van der Waals surface area contributed by atoms with Crippen molar-refractivity contribution in [1.82, 2.24) is 0 Å². The monoisotopic (exact) mass is 286 g/mol. The molecule has 0 spiro atoms. The minimum Gasteiger partial charge on any atom is -0.396 e. The summed E-state index contributed by atoms with van der Waals surface area (Å²) in [6.45, 7) is 0. The lowest BCUT2D eigenvalue weighted by Crippen LogP contribution is -2.64. The molecule has 0 saturated carbocycles. The van der Waals surface area contributed by atoms with Crippen molar-refractivity contribution in [3.63, 3.8) is 0 Å². The molecule has 0 aliphatic heterocycles. The summed E-state index contributed by atoms with van der Waals surface area (Å²) in [6.07, 6.45) is -5.87. The van der Waals surface area contributed by atoms with E-state index in [1.807, 2.05) is 0 Å². The third-order valence-electron chi connectivity index (χ3n) is 2.24. The van der Waals surface area contributed by atoms with Gasteiger partial charge in [0.05, 0.1) is 5.70 Å². The van der Waals surface area contributed by atoms with Gasteiger partial charge in [0.2, 0.25) is 0 Å². The number of nitrogens with two attached hydrogens (primary N) is 1. The highest BCUT2D eigenvalue weighted by molar-refractivity contribution is 6.06. The van der Waals surface area contributed by atoms with Crippen molar-refractivity contribution >= 4 is 5.71 Å². The van der Waals surface area contributed by atoms with E-state index >= 15 is 0 Å². The Balaban J connectivity index is 3.71. The summed E-state index contributed by atoms with van der Waals surface area (Å²) in [5, 5.41) is 6.35. The van der Waals surface area contributed by atoms with Crippen molar-refractivity contribution in [2.75, 3.05) is 0 Å². The predicted molar refractivity (Wildman–Crippen MR) is 39.8 cm³/mol. The number of allylic oxidation sites excluding steroid dienone is 2. The van der Waals surface area contributed by atoms with Gasteiger partial charge in [-0.3, -0.25) is 5.41 Å². The van der Waals surface area contributed by atoms with Crippen LogP contribution in [-0.4, -0.2) is 29.7 Å². The standard InChI is InChI=1S/C7H3F9N2/c8-4(9)2(17)1(6(12,13)14)3(18)5(10,11)7(4,15)16/h17H,18H2. The zero-order valence-electron chi connectivity index (χ0n) is 7.98. The lowest BCUT2D eigenvalue weighted by molar-refractivity contribution is -0.276. The molecule has 0 radical (unpaired) electrons. The normalized spacial score (nSPS) is 26.4. The average Bonchev–Trinajstić information content (AvgIpc) is 2.13. The summed E-state index contributed by atoms with van der Waals surface area (Å²) >= 11 is 0. The number of rotatable bonds is 0. The van der Waals surface area contributed by atoms with Crippen LogP contribution in [0.4, 0.5) is 39.5 Å². The molecule has 0 unspecified atom stereocenters. The highest BCUT2D eigenvalue weighted by Gasteiger charge is 2.79. The van der Waals surface area contributed by atoms with Gasteiger partial charge in [-0.15, -0.1) is 0 Å². The summed E-state index contributed by atoms with van der Waals surface area (Å²) in [5.41, 5.74) is -4.53. The van der Waals surface area contributed by atoms with Crippen LogP contribution in [0.5, 0.6) is 0 Å². The van der Waals surface area contributed by atoms with E-state index in [1.54, 1.807) is 0 Å². The van der Waals surface area contributed by atoms with Gasteiger partial charge in [-0.2, -0.15) is 39.5 Å². The van der Waals surface area contributed by atoms with Gasteiger partial charge in [-0.05, 0) is 0 Å². The molecule has 1 aliphatic carbocycles. The van der Waals surface area contributed by atoms with Crippen LogP contribution < -0.4 is 5.73 Å². The first-order chi connectivity index (χ1) is 7.69. The second-order valence-corrected chi connectivity index (χ2v) is 3.38. The Morgan fingerprint density at radius 2 is 1.28 bits per heavy atom. The number of hydrogen-bond acceptors (Lipinski definition) is 2.